The van der Waals surface area contributed by atoms with E-state index in [1.807, 2.05) is 6.92 Å². The normalized spacial score (nSPS) is 7.50. The van der Waals surface area contributed by atoms with Crippen molar-refractivity contribution >= 4 is 0 Å². The Morgan fingerprint density at radius 3 is 2.88 bits per heavy atom. The maximum absolute atomic E-state index is 9.48. The third kappa shape index (κ3) is 3.47. The molecule has 0 radical (unpaired) electrons. The van der Waals surface area contributed by atoms with Crippen LogP contribution in [0.3, 0.4) is 0 Å². The molecule has 0 aromatic carbocycles. The van der Waals surface area contributed by atoms with Crippen LogP contribution in [0.25, 0.3) is 0 Å². The average molecular weight is 113 g/mol. The number of hydrogen-bond acceptors (Lipinski definition) is 1. The predicted molar refractivity (Wildman–Crippen MR) is 29.7 cm³/mol. The second-order valence-electron chi connectivity index (χ2n) is 1.47. The van der Waals surface area contributed by atoms with Gasteiger partial charge in [0.05, 0.1) is 0 Å². The Hall–Kier alpha value is -0.720. The molecule has 0 aliphatic rings. The van der Waals surface area contributed by atoms with Crippen LogP contribution in [-0.2, 0) is 9.39 Å². The van der Waals surface area contributed by atoms with Gasteiger partial charge in [-0.1, -0.05) is 0 Å². The molecule has 0 N–H and O–H groups in total. The SMILES string of the molecule is C=C(CCC)OC#[O+]. The van der Waals surface area contributed by atoms with Crippen LogP contribution in [0.2, 0.25) is 0 Å². The van der Waals surface area contributed by atoms with E-state index in [-0.39, 0.29) is 0 Å². The van der Waals surface area contributed by atoms with Gasteiger partial charge in [-0.15, -0.1) is 0 Å². The first-order valence-corrected chi connectivity index (χ1v) is 2.53. The van der Waals surface area contributed by atoms with Gasteiger partial charge in [-0.3, -0.25) is 0 Å². The molecule has 0 aliphatic heterocycles. The van der Waals surface area contributed by atoms with E-state index in [1.165, 1.54) is 6.33 Å². The van der Waals surface area contributed by atoms with E-state index in [0.717, 1.165) is 12.8 Å². The van der Waals surface area contributed by atoms with Crippen molar-refractivity contribution < 1.29 is 9.39 Å². The fourth-order valence-electron chi connectivity index (χ4n) is 0.389. The Morgan fingerprint density at radius 1 is 1.88 bits per heavy atom. The molecule has 2 nitrogen and oxygen atoms in total. The van der Waals surface area contributed by atoms with Gasteiger partial charge < -0.3 is 0 Å². The van der Waals surface area contributed by atoms with Crippen molar-refractivity contribution in [2.45, 2.75) is 19.8 Å². The van der Waals surface area contributed by atoms with Gasteiger partial charge in [0.25, 0.3) is 0 Å². The Balaban J connectivity index is 3.23. The molecule has 0 aromatic rings. The summed E-state index contributed by atoms with van der Waals surface area (Å²) in [5.41, 5.74) is 0. The first kappa shape index (κ1) is 7.28. The van der Waals surface area contributed by atoms with Crippen LogP contribution in [0.5, 0.6) is 0 Å². The van der Waals surface area contributed by atoms with Gasteiger partial charge in [0, 0.05) is 0 Å². The quantitative estimate of drug-likeness (QED) is 0.404. The predicted octanol–water partition coefficient (Wildman–Crippen LogP) is 1.66. The fourth-order valence-corrected chi connectivity index (χ4v) is 0.389. The molecular weight excluding hydrogens is 104 g/mol. The van der Waals surface area contributed by atoms with Crippen molar-refractivity contribution in [1.82, 2.24) is 0 Å². The summed E-state index contributed by atoms with van der Waals surface area (Å²) in [5.74, 6) is 0.488. The molecule has 0 aliphatic carbocycles. The van der Waals surface area contributed by atoms with E-state index in [0.29, 0.717) is 5.76 Å². The first-order chi connectivity index (χ1) is 3.81. The van der Waals surface area contributed by atoms with Crippen molar-refractivity contribution in [2.24, 2.45) is 0 Å². The molecular formula is C6H9O2+. The van der Waals surface area contributed by atoms with Crippen LogP contribution < -0.4 is 0 Å². The Kier molecular flexibility index (Phi) is 4.04. The molecule has 2 heteroatoms. The van der Waals surface area contributed by atoms with E-state index in [4.69, 9.17) is 0 Å². The molecule has 0 amide bonds. The summed E-state index contributed by atoms with van der Waals surface area (Å²) in [7, 11) is 0. The summed E-state index contributed by atoms with van der Waals surface area (Å²) in [5, 5.41) is 0. The van der Waals surface area contributed by atoms with Gasteiger partial charge in [-0.05, 0) is 0 Å². The van der Waals surface area contributed by atoms with E-state index in [2.05, 4.69) is 11.3 Å². The van der Waals surface area contributed by atoms with Gasteiger partial charge in [0.15, 0.2) is 0 Å². The van der Waals surface area contributed by atoms with Gasteiger partial charge in [-0.2, -0.15) is 0 Å². The van der Waals surface area contributed by atoms with Crippen LogP contribution in [0, 0.1) is 6.33 Å². The van der Waals surface area contributed by atoms with Gasteiger partial charge >= 0.3 is 47.8 Å². The molecule has 8 heavy (non-hydrogen) atoms. The molecule has 44 valence electrons. The Morgan fingerprint density at radius 2 is 2.50 bits per heavy atom. The Labute approximate surface area is 48.9 Å². The van der Waals surface area contributed by atoms with Crippen LogP contribution in [-0.4, -0.2) is 0 Å². The fraction of sp³-hybridized carbons (Fsp3) is 0.500. The molecule has 0 saturated carbocycles. The topological polar surface area (TPSA) is 29.1 Å². The van der Waals surface area contributed by atoms with Crippen LogP contribution in [0.1, 0.15) is 19.8 Å². The first-order valence-electron chi connectivity index (χ1n) is 2.53. The molecule has 0 unspecified atom stereocenters. The third-order valence-electron chi connectivity index (χ3n) is 0.715. The summed E-state index contributed by atoms with van der Waals surface area (Å²) in [6.07, 6.45) is 2.98. The maximum atomic E-state index is 9.48. The van der Waals surface area contributed by atoms with Crippen LogP contribution in [0.15, 0.2) is 12.3 Å². The van der Waals surface area contributed by atoms with Crippen molar-refractivity contribution in [3.63, 3.8) is 0 Å². The zero-order valence-corrected chi connectivity index (χ0v) is 4.94. The summed E-state index contributed by atoms with van der Waals surface area (Å²) >= 11 is 0. The molecule has 0 aromatic heterocycles. The second-order valence-corrected chi connectivity index (χ2v) is 1.47. The van der Waals surface area contributed by atoms with Gasteiger partial charge in [-0.25, -0.2) is 0 Å². The zero-order valence-electron chi connectivity index (χ0n) is 4.94. The van der Waals surface area contributed by atoms with E-state index >= 15 is 0 Å². The van der Waals surface area contributed by atoms with Gasteiger partial charge in [0.2, 0.25) is 0 Å². The minimum atomic E-state index is 0.488. The van der Waals surface area contributed by atoms with Crippen molar-refractivity contribution in [1.29, 1.82) is 0 Å². The van der Waals surface area contributed by atoms with Crippen LogP contribution >= 0.6 is 0 Å². The number of rotatable bonds is 3. The minimum absolute atomic E-state index is 0.488. The van der Waals surface area contributed by atoms with Crippen molar-refractivity contribution in [3.8, 4) is 6.33 Å². The van der Waals surface area contributed by atoms with E-state index in [9.17, 15) is 4.65 Å². The molecule has 0 spiro atoms. The number of allylic oxidation sites excluding steroid dienone is 1. The monoisotopic (exact) mass is 113 g/mol. The molecule has 0 bridgehead atoms. The summed E-state index contributed by atoms with van der Waals surface area (Å²) in [6, 6.07) is 0. The van der Waals surface area contributed by atoms with E-state index < -0.39 is 0 Å². The van der Waals surface area contributed by atoms with Gasteiger partial charge in [0.1, 0.15) is 0 Å². The molecule has 0 fully saturated rings. The van der Waals surface area contributed by atoms with E-state index in [1.54, 1.807) is 0 Å². The third-order valence-corrected chi connectivity index (χ3v) is 0.715. The van der Waals surface area contributed by atoms with Crippen LogP contribution in [0.4, 0.5) is 0 Å². The standard InChI is InChI=1S/C6H9O2/c1-3-4-6(2)8-5-7/h2-4H2,1H3/q+1. The number of hydrogen-bond donors (Lipinski definition) is 0. The average Bonchev–Trinajstić information content (AvgIpc) is 1.68. The molecule has 0 saturated heterocycles. The molecule has 0 atom stereocenters. The zero-order chi connectivity index (χ0) is 6.41. The summed E-state index contributed by atoms with van der Waals surface area (Å²) < 4.78 is 13.8. The van der Waals surface area contributed by atoms with Crippen molar-refractivity contribution in [2.75, 3.05) is 0 Å². The van der Waals surface area contributed by atoms with Crippen molar-refractivity contribution in [3.05, 3.63) is 12.3 Å². The molecule has 0 rings (SSSR count). The summed E-state index contributed by atoms with van der Waals surface area (Å²) in [4.78, 5) is 0. The number of ether oxygens (including phenoxy) is 1. The second kappa shape index (κ2) is 4.44. The molecule has 0 heterocycles. The Bertz CT molecular complexity index is 110. The summed E-state index contributed by atoms with van der Waals surface area (Å²) in [6.45, 7) is 5.43.